The Hall–Kier alpha value is -0.530. The average Bonchev–Trinajstić information content (AvgIpc) is 2.84. The Balaban J connectivity index is 1.92. The van der Waals surface area contributed by atoms with Crippen LogP contribution in [0.2, 0.25) is 5.02 Å². The number of rotatable bonds is 5. The van der Waals surface area contributed by atoms with Gasteiger partial charge in [-0.3, -0.25) is 0 Å². The normalized spacial score (nSPS) is 18.5. The summed E-state index contributed by atoms with van der Waals surface area (Å²) in [5.74, 6) is 0.926. The van der Waals surface area contributed by atoms with Gasteiger partial charge >= 0.3 is 0 Å². The molecule has 94 valence electrons. The molecule has 1 saturated carbocycles. The quantitative estimate of drug-likeness (QED) is 0.833. The second-order valence-corrected chi connectivity index (χ2v) is 5.57. The number of likely N-dealkylation sites (N-methyl/N-ethyl adjacent to an activating group) is 1. The number of halogens is 1. The molecule has 0 saturated heterocycles. The third kappa shape index (κ3) is 3.72. The molecule has 1 nitrogen and oxygen atoms in total. The number of benzene rings is 1. The van der Waals surface area contributed by atoms with Crippen molar-refractivity contribution in [3.63, 3.8) is 0 Å². The summed E-state index contributed by atoms with van der Waals surface area (Å²) in [6.07, 6.45) is 8.02. The van der Waals surface area contributed by atoms with Crippen LogP contribution in [-0.4, -0.2) is 13.1 Å². The fraction of sp³-hybridized carbons (Fsp3) is 0.600. The van der Waals surface area contributed by atoms with E-state index in [0.29, 0.717) is 6.04 Å². The largest absolute Gasteiger partial charge is 0.317 e. The number of nitrogens with one attached hydrogen (secondary N) is 1. The second kappa shape index (κ2) is 6.42. The van der Waals surface area contributed by atoms with Crippen LogP contribution < -0.4 is 5.32 Å². The fourth-order valence-electron chi connectivity index (χ4n) is 2.88. The fourth-order valence-corrected chi connectivity index (χ4v) is 3.09. The Bertz CT molecular complexity index is 345. The van der Waals surface area contributed by atoms with Crippen molar-refractivity contribution in [2.45, 2.75) is 44.6 Å². The van der Waals surface area contributed by atoms with Gasteiger partial charge in [-0.1, -0.05) is 55.5 Å². The van der Waals surface area contributed by atoms with Gasteiger partial charge < -0.3 is 5.32 Å². The van der Waals surface area contributed by atoms with E-state index >= 15 is 0 Å². The van der Waals surface area contributed by atoms with Crippen molar-refractivity contribution in [1.82, 2.24) is 5.32 Å². The minimum absolute atomic E-state index is 0.568. The second-order valence-electron chi connectivity index (χ2n) is 5.17. The van der Waals surface area contributed by atoms with Crippen LogP contribution in [0.3, 0.4) is 0 Å². The highest BCUT2D eigenvalue weighted by Crippen LogP contribution is 2.29. The SMILES string of the molecule is CNC(Cc1ccccc1Cl)CC1CCCC1. The van der Waals surface area contributed by atoms with Crippen LogP contribution in [0, 0.1) is 5.92 Å². The Labute approximate surface area is 110 Å². The van der Waals surface area contributed by atoms with Crippen molar-refractivity contribution in [3.8, 4) is 0 Å². The molecular weight excluding hydrogens is 230 g/mol. The van der Waals surface area contributed by atoms with E-state index in [-0.39, 0.29) is 0 Å². The lowest BCUT2D eigenvalue weighted by Crippen LogP contribution is -2.29. The van der Waals surface area contributed by atoms with Gasteiger partial charge in [-0.05, 0) is 37.4 Å². The van der Waals surface area contributed by atoms with Crippen molar-refractivity contribution in [3.05, 3.63) is 34.9 Å². The van der Waals surface area contributed by atoms with E-state index in [4.69, 9.17) is 11.6 Å². The van der Waals surface area contributed by atoms with Crippen LogP contribution in [0.15, 0.2) is 24.3 Å². The Kier molecular flexibility index (Phi) is 4.87. The molecular formula is C15H22ClN. The van der Waals surface area contributed by atoms with E-state index in [9.17, 15) is 0 Å². The van der Waals surface area contributed by atoms with Crippen molar-refractivity contribution in [2.24, 2.45) is 5.92 Å². The van der Waals surface area contributed by atoms with Crippen LogP contribution in [0.4, 0.5) is 0 Å². The minimum Gasteiger partial charge on any atom is -0.317 e. The summed E-state index contributed by atoms with van der Waals surface area (Å²) in [7, 11) is 2.07. The highest BCUT2D eigenvalue weighted by Gasteiger charge is 2.19. The first kappa shape index (κ1) is 12.9. The van der Waals surface area contributed by atoms with Gasteiger partial charge in [-0.2, -0.15) is 0 Å². The first-order valence-corrected chi connectivity index (χ1v) is 7.08. The van der Waals surface area contributed by atoms with Gasteiger partial charge in [0.2, 0.25) is 0 Å². The molecule has 1 atom stereocenters. The Morgan fingerprint density at radius 1 is 1.29 bits per heavy atom. The maximum absolute atomic E-state index is 6.21. The number of hydrogen-bond acceptors (Lipinski definition) is 1. The number of hydrogen-bond donors (Lipinski definition) is 1. The highest BCUT2D eigenvalue weighted by atomic mass is 35.5. The zero-order chi connectivity index (χ0) is 12.1. The topological polar surface area (TPSA) is 12.0 Å². The molecule has 2 rings (SSSR count). The molecule has 17 heavy (non-hydrogen) atoms. The lowest BCUT2D eigenvalue weighted by Gasteiger charge is -2.20. The minimum atomic E-state index is 0.568. The summed E-state index contributed by atoms with van der Waals surface area (Å²) in [4.78, 5) is 0. The van der Waals surface area contributed by atoms with Crippen LogP contribution in [0.5, 0.6) is 0 Å². The van der Waals surface area contributed by atoms with Gasteiger partial charge in [0, 0.05) is 11.1 Å². The van der Waals surface area contributed by atoms with E-state index < -0.39 is 0 Å². The van der Waals surface area contributed by atoms with E-state index in [1.54, 1.807) is 0 Å². The molecule has 1 aliphatic carbocycles. The first-order valence-electron chi connectivity index (χ1n) is 6.70. The van der Waals surface area contributed by atoms with Crippen LogP contribution in [0.25, 0.3) is 0 Å². The molecule has 1 aromatic rings. The van der Waals surface area contributed by atoms with Crippen LogP contribution >= 0.6 is 11.6 Å². The summed E-state index contributed by atoms with van der Waals surface area (Å²) in [5.41, 5.74) is 1.27. The third-order valence-corrected chi connectivity index (χ3v) is 4.29. The maximum Gasteiger partial charge on any atom is 0.0438 e. The van der Waals surface area contributed by atoms with Gasteiger partial charge in [0.05, 0.1) is 0 Å². The van der Waals surface area contributed by atoms with Crippen LogP contribution in [0.1, 0.15) is 37.7 Å². The molecule has 0 bridgehead atoms. The molecule has 1 aliphatic rings. The predicted octanol–water partition coefficient (Wildman–Crippen LogP) is 4.05. The predicted molar refractivity (Wildman–Crippen MR) is 74.6 cm³/mol. The van der Waals surface area contributed by atoms with Crippen LogP contribution in [-0.2, 0) is 6.42 Å². The van der Waals surface area contributed by atoms with Gasteiger partial charge in [0.25, 0.3) is 0 Å². The zero-order valence-corrected chi connectivity index (χ0v) is 11.3. The standard InChI is InChI=1S/C15H22ClN/c1-17-14(10-12-6-2-3-7-12)11-13-8-4-5-9-15(13)16/h4-5,8-9,12,14,17H,2-3,6-7,10-11H2,1H3. The Morgan fingerprint density at radius 2 is 2.00 bits per heavy atom. The third-order valence-electron chi connectivity index (χ3n) is 3.92. The monoisotopic (exact) mass is 251 g/mol. The molecule has 1 fully saturated rings. The molecule has 0 aromatic heterocycles. The molecule has 0 amide bonds. The average molecular weight is 252 g/mol. The first-order chi connectivity index (χ1) is 8.29. The summed E-state index contributed by atoms with van der Waals surface area (Å²) >= 11 is 6.21. The van der Waals surface area contributed by atoms with E-state index in [1.165, 1.54) is 37.7 Å². The van der Waals surface area contributed by atoms with Gasteiger partial charge in [0.15, 0.2) is 0 Å². The van der Waals surface area contributed by atoms with E-state index in [0.717, 1.165) is 17.4 Å². The van der Waals surface area contributed by atoms with Crippen molar-refractivity contribution in [1.29, 1.82) is 0 Å². The molecule has 0 heterocycles. The summed E-state index contributed by atoms with van der Waals surface area (Å²) in [5, 5.41) is 4.35. The Morgan fingerprint density at radius 3 is 2.65 bits per heavy atom. The molecule has 1 N–H and O–H groups in total. The summed E-state index contributed by atoms with van der Waals surface area (Å²) in [6, 6.07) is 8.76. The smallest absolute Gasteiger partial charge is 0.0438 e. The summed E-state index contributed by atoms with van der Waals surface area (Å²) < 4.78 is 0. The lowest BCUT2D eigenvalue weighted by molar-refractivity contribution is 0.403. The van der Waals surface area contributed by atoms with Crippen molar-refractivity contribution in [2.75, 3.05) is 7.05 Å². The van der Waals surface area contributed by atoms with Crippen molar-refractivity contribution < 1.29 is 0 Å². The van der Waals surface area contributed by atoms with E-state index in [2.05, 4.69) is 24.5 Å². The van der Waals surface area contributed by atoms with Gasteiger partial charge in [-0.15, -0.1) is 0 Å². The summed E-state index contributed by atoms with van der Waals surface area (Å²) in [6.45, 7) is 0. The molecule has 0 aliphatic heterocycles. The molecule has 1 aromatic carbocycles. The highest BCUT2D eigenvalue weighted by molar-refractivity contribution is 6.31. The lowest BCUT2D eigenvalue weighted by atomic mass is 9.94. The molecule has 1 unspecified atom stereocenters. The van der Waals surface area contributed by atoms with Crippen molar-refractivity contribution >= 4 is 11.6 Å². The van der Waals surface area contributed by atoms with Gasteiger partial charge in [0.1, 0.15) is 0 Å². The molecule has 0 radical (unpaired) electrons. The van der Waals surface area contributed by atoms with Gasteiger partial charge in [-0.25, -0.2) is 0 Å². The molecule has 2 heteroatoms. The zero-order valence-electron chi connectivity index (χ0n) is 10.6. The van der Waals surface area contributed by atoms with E-state index in [1.807, 2.05) is 12.1 Å². The maximum atomic E-state index is 6.21. The molecule has 0 spiro atoms.